The van der Waals surface area contributed by atoms with Crippen LogP contribution in [0.4, 0.5) is 0 Å². The van der Waals surface area contributed by atoms with Crippen molar-refractivity contribution in [2.24, 2.45) is 5.73 Å². The Labute approximate surface area is 96.1 Å². The maximum absolute atomic E-state index is 11.7. The molecule has 0 radical (unpaired) electrons. The monoisotopic (exact) mass is 227 g/mol. The Hall–Kier alpha value is -1.10. The topological polar surface area (TPSA) is 84.2 Å². The van der Waals surface area contributed by atoms with Crippen LogP contribution in [-0.2, 0) is 9.59 Å². The summed E-state index contributed by atoms with van der Waals surface area (Å²) in [4.78, 5) is 22.3. The summed E-state index contributed by atoms with van der Waals surface area (Å²) in [6.45, 7) is 2.64. The third-order valence-corrected chi connectivity index (χ3v) is 2.96. The largest absolute Gasteiger partial charge is 0.356 e. The highest BCUT2D eigenvalue weighted by molar-refractivity contribution is 5.86. The first-order chi connectivity index (χ1) is 7.54. The summed E-state index contributed by atoms with van der Waals surface area (Å²) in [5, 5.41) is 5.50. The molecule has 0 aromatic heterocycles. The van der Waals surface area contributed by atoms with Crippen molar-refractivity contribution in [1.82, 2.24) is 10.6 Å². The third kappa shape index (κ3) is 3.81. The predicted molar refractivity (Wildman–Crippen MR) is 61.7 cm³/mol. The molecule has 0 unspecified atom stereocenters. The van der Waals surface area contributed by atoms with Crippen LogP contribution in [0.1, 0.15) is 39.0 Å². The van der Waals surface area contributed by atoms with E-state index in [0.29, 0.717) is 13.1 Å². The summed E-state index contributed by atoms with van der Waals surface area (Å²) >= 11 is 0. The normalized spacial score (nSPS) is 18.1. The maximum Gasteiger partial charge on any atom is 0.240 e. The molecule has 16 heavy (non-hydrogen) atoms. The van der Waals surface area contributed by atoms with Gasteiger partial charge in [0.1, 0.15) is 0 Å². The second kappa shape index (κ2) is 5.84. The van der Waals surface area contributed by atoms with Gasteiger partial charge in [-0.2, -0.15) is 0 Å². The molecule has 0 spiro atoms. The first-order valence-electron chi connectivity index (χ1n) is 5.86. The van der Waals surface area contributed by atoms with E-state index in [9.17, 15) is 9.59 Å². The molecule has 0 aliphatic heterocycles. The minimum absolute atomic E-state index is 0.0441. The Bertz CT molecular complexity index is 260. The predicted octanol–water partition coefficient (Wildman–Crippen LogP) is -0.0997. The van der Waals surface area contributed by atoms with Crippen molar-refractivity contribution >= 4 is 11.8 Å². The van der Waals surface area contributed by atoms with Gasteiger partial charge in [-0.1, -0.05) is 12.8 Å². The van der Waals surface area contributed by atoms with E-state index in [4.69, 9.17) is 5.73 Å². The van der Waals surface area contributed by atoms with Gasteiger partial charge in [0.15, 0.2) is 0 Å². The molecule has 1 rings (SSSR count). The summed E-state index contributed by atoms with van der Waals surface area (Å²) in [6, 6.07) is 0. The van der Waals surface area contributed by atoms with Gasteiger partial charge >= 0.3 is 0 Å². The SMILES string of the molecule is CC(=O)NCCCNC(=O)C1(N)CCCC1. The third-order valence-electron chi connectivity index (χ3n) is 2.96. The molecule has 1 saturated carbocycles. The van der Waals surface area contributed by atoms with Crippen LogP contribution in [0.5, 0.6) is 0 Å². The number of hydrogen-bond acceptors (Lipinski definition) is 3. The van der Waals surface area contributed by atoms with Crippen LogP contribution in [0.2, 0.25) is 0 Å². The lowest BCUT2D eigenvalue weighted by atomic mass is 9.98. The molecule has 1 aliphatic rings. The lowest BCUT2D eigenvalue weighted by molar-refractivity contribution is -0.126. The quantitative estimate of drug-likeness (QED) is 0.573. The fourth-order valence-corrected chi connectivity index (χ4v) is 1.96. The minimum atomic E-state index is -0.645. The number of nitrogens with two attached hydrogens (primary N) is 1. The second-order valence-electron chi connectivity index (χ2n) is 4.46. The van der Waals surface area contributed by atoms with E-state index in [2.05, 4.69) is 10.6 Å². The van der Waals surface area contributed by atoms with Crippen LogP contribution in [0, 0.1) is 0 Å². The molecular weight excluding hydrogens is 206 g/mol. The standard InChI is InChI=1S/C11H21N3O2/c1-9(15)13-7-4-8-14-10(16)11(12)5-2-3-6-11/h2-8,12H2,1H3,(H,13,15)(H,14,16). The first-order valence-corrected chi connectivity index (χ1v) is 5.86. The Balaban J connectivity index is 2.13. The molecule has 0 aromatic rings. The van der Waals surface area contributed by atoms with E-state index in [0.717, 1.165) is 32.1 Å². The van der Waals surface area contributed by atoms with Crippen molar-refractivity contribution in [3.63, 3.8) is 0 Å². The number of rotatable bonds is 5. The minimum Gasteiger partial charge on any atom is -0.356 e. The molecule has 5 heteroatoms. The summed E-state index contributed by atoms with van der Waals surface area (Å²) in [5.41, 5.74) is 5.34. The van der Waals surface area contributed by atoms with E-state index in [1.165, 1.54) is 6.92 Å². The molecule has 1 fully saturated rings. The van der Waals surface area contributed by atoms with Crippen molar-refractivity contribution < 1.29 is 9.59 Å². The van der Waals surface area contributed by atoms with E-state index in [1.807, 2.05) is 0 Å². The molecular formula is C11H21N3O2. The van der Waals surface area contributed by atoms with Gasteiger partial charge in [0, 0.05) is 20.0 Å². The molecule has 0 saturated heterocycles. The van der Waals surface area contributed by atoms with Crippen LogP contribution >= 0.6 is 0 Å². The van der Waals surface area contributed by atoms with Gasteiger partial charge in [0.2, 0.25) is 11.8 Å². The zero-order chi connectivity index (χ0) is 12.0. The van der Waals surface area contributed by atoms with Crippen LogP contribution in [0.3, 0.4) is 0 Å². The summed E-state index contributed by atoms with van der Waals surface area (Å²) in [5.74, 6) is -0.0924. The van der Waals surface area contributed by atoms with E-state index in [1.54, 1.807) is 0 Å². The zero-order valence-electron chi connectivity index (χ0n) is 9.84. The Kier molecular flexibility index (Phi) is 4.73. The van der Waals surface area contributed by atoms with Crippen molar-refractivity contribution in [2.75, 3.05) is 13.1 Å². The number of amides is 2. The van der Waals surface area contributed by atoms with Crippen LogP contribution in [0.25, 0.3) is 0 Å². The number of hydrogen-bond donors (Lipinski definition) is 3. The van der Waals surface area contributed by atoms with Gasteiger partial charge in [0.25, 0.3) is 0 Å². The maximum atomic E-state index is 11.7. The Morgan fingerprint density at radius 2 is 1.75 bits per heavy atom. The van der Waals surface area contributed by atoms with E-state index < -0.39 is 5.54 Å². The molecule has 0 atom stereocenters. The molecule has 2 amide bonds. The average molecular weight is 227 g/mol. The molecule has 0 heterocycles. The molecule has 92 valence electrons. The van der Waals surface area contributed by atoms with Crippen LogP contribution in [-0.4, -0.2) is 30.4 Å². The second-order valence-corrected chi connectivity index (χ2v) is 4.46. The number of carbonyl (C=O) groups excluding carboxylic acids is 2. The van der Waals surface area contributed by atoms with E-state index in [-0.39, 0.29) is 11.8 Å². The summed E-state index contributed by atoms with van der Waals surface area (Å²) in [7, 11) is 0. The van der Waals surface area contributed by atoms with E-state index >= 15 is 0 Å². The molecule has 0 bridgehead atoms. The van der Waals surface area contributed by atoms with Crippen molar-refractivity contribution in [2.45, 2.75) is 44.6 Å². The smallest absolute Gasteiger partial charge is 0.240 e. The van der Waals surface area contributed by atoms with Gasteiger partial charge in [-0.3, -0.25) is 9.59 Å². The first kappa shape index (κ1) is 13.0. The zero-order valence-corrected chi connectivity index (χ0v) is 9.84. The Morgan fingerprint density at radius 1 is 1.19 bits per heavy atom. The van der Waals surface area contributed by atoms with Crippen molar-refractivity contribution in [3.05, 3.63) is 0 Å². The summed E-state index contributed by atoms with van der Waals surface area (Å²) < 4.78 is 0. The number of nitrogens with one attached hydrogen (secondary N) is 2. The summed E-state index contributed by atoms with van der Waals surface area (Å²) in [6.07, 6.45) is 4.38. The lowest BCUT2D eigenvalue weighted by Crippen LogP contribution is -2.52. The number of carbonyl (C=O) groups is 2. The highest BCUT2D eigenvalue weighted by atomic mass is 16.2. The van der Waals surface area contributed by atoms with Gasteiger partial charge < -0.3 is 16.4 Å². The Morgan fingerprint density at radius 3 is 2.31 bits per heavy atom. The highest BCUT2D eigenvalue weighted by Crippen LogP contribution is 2.26. The van der Waals surface area contributed by atoms with Gasteiger partial charge in [0.05, 0.1) is 5.54 Å². The molecule has 0 aromatic carbocycles. The molecule has 4 N–H and O–H groups in total. The highest BCUT2D eigenvalue weighted by Gasteiger charge is 2.36. The fourth-order valence-electron chi connectivity index (χ4n) is 1.96. The molecule has 5 nitrogen and oxygen atoms in total. The van der Waals surface area contributed by atoms with Crippen molar-refractivity contribution in [3.8, 4) is 0 Å². The van der Waals surface area contributed by atoms with Crippen LogP contribution < -0.4 is 16.4 Å². The van der Waals surface area contributed by atoms with Gasteiger partial charge in [-0.15, -0.1) is 0 Å². The average Bonchev–Trinajstić information content (AvgIpc) is 2.65. The molecule has 1 aliphatic carbocycles. The van der Waals surface area contributed by atoms with Gasteiger partial charge in [-0.25, -0.2) is 0 Å². The van der Waals surface area contributed by atoms with Crippen molar-refractivity contribution in [1.29, 1.82) is 0 Å². The fraction of sp³-hybridized carbons (Fsp3) is 0.818. The van der Waals surface area contributed by atoms with Gasteiger partial charge in [-0.05, 0) is 19.3 Å². The van der Waals surface area contributed by atoms with Crippen LogP contribution in [0.15, 0.2) is 0 Å². The lowest BCUT2D eigenvalue weighted by Gasteiger charge is -2.22.